The molecule has 0 radical (unpaired) electrons. The number of anilines is 1. The fourth-order valence-corrected chi connectivity index (χ4v) is 4.07. The number of carbonyl (C=O) groups excluding carboxylic acids is 1. The van der Waals surface area contributed by atoms with Crippen molar-refractivity contribution < 1.29 is 15.0 Å². The molecule has 0 bridgehead atoms. The third-order valence-corrected chi connectivity index (χ3v) is 5.61. The molecule has 1 aliphatic carbocycles. The van der Waals surface area contributed by atoms with Crippen molar-refractivity contribution >= 4 is 11.7 Å². The third-order valence-electron chi connectivity index (χ3n) is 5.61. The number of amides is 1. The van der Waals surface area contributed by atoms with Crippen LogP contribution < -0.4 is 4.90 Å². The summed E-state index contributed by atoms with van der Waals surface area (Å²) in [4.78, 5) is 21.4. The van der Waals surface area contributed by atoms with Gasteiger partial charge in [-0.05, 0) is 37.8 Å². The van der Waals surface area contributed by atoms with Gasteiger partial charge in [-0.1, -0.05) is 19.3 Å². The number of nitrogens with zero attached hydrogens (tertiary/aromatic N) is 3. The van der Waals surface area contributed by atoms with Crippen LogP contribution in [0.1, 0.15) is 55.3 Å². The zero-order valence-electron chi connectivity index (χ0n) is 15.0. The first-order valence-electron chi connectivity index (χ1n) is 9.34. The molecule has 1 unspecified atom stereocenters. The molecule has 1 atom stereocenters. The van der Waals surface area contributed by atoms with E-state index in [1.807, 2.05) is 13.1 Å². The van der Waals surface area contributed by atoms with E-state index in [4.69, 9.17) is 0 Å². The maximum atomic E-state index is 13.1. The van der Waals surface area contributed by atoms with Crippen LogP contribution in [0.4, 0.5) is 5.82 Å². The van der Waals surface area contributed by atoms with Crippen LogP contribution in [0.3, 0.4) is 0 Å². The number of hydrogen-bond donors (Lipinski definition) is 2. The first-order chi connectivity index (χ1) is 12.0. The van der Waals surface area contributed by atoms with Crippen molar-refractivity contribution in [3.63, 3.8) is 0 Å². The average molecular weight is 347 g/mol. The SMILES string of the molecule is CN(c1ncccc1C(=O)N1CCCC(O)(CO)C1)C1CCCCC1. The highest BCUT2D eigenvalue weighted by Gasteiger charge is 2.36. The molecule has 0 spiro atoms. The number of pyridine rings is 1. The molecule has 1 saturated carbocycles. The molecular formula is C19H29N3O3. The van der Waals surface area contributed by atoms with Gasteiger partial charge in [0.05, 0.1) is 18.7 Å². The fourth-order valence-electron chi connectivity index (χ4n) is 4.07. The van der Waals surface area contributed by atoms with Gasteiger partial charge in [0.2, 0.25) is 0 Å². The van der Waals surface area contributed by atoms with Gasteiger partial charge in [0.15, 0.2) is 0 Å². The van der Waals surface area contributed by atoms with Gasteiger partial charge in [0.1, 0.15) is 11.4 Å². The molecule has 2 fully saturated rings. The van der Waals surface area contributed by atoms with Crippen LogP contribution >= 0.6 is 0 Å². The minimum absolute atomic E-state index is 0.114. The van der Waals surface area contributed by atoms with Gasteiger partial charge in [-0.3, -0.25) is 4.79 Å². The highest BCUT2D eigenvalue weighted by atomic mass is 16.3. The third kappa shape index (κ3) is 3.96. The Morgan fingerprint density at radius 1 is 1.36 bits per heavy atom. The normalized spacial score (nSPS) is 25.0. The van der Waals surface area contributed by atoms with Crippen LogP contribution in [-0.4, -0.2) is 64.4 Å². The van der Waals surface area contributed by atoms with Gasteiger partial charge in [-0.25, -0.2) is 4.98 Å². The first-order valence-corrected chi connectivity index (χ1v) is 9.34. The number of β-amino-alcohol motifs (C(OH)–C–C–N with tert-alkyl or cyclic N) is 1. The molecule has 25 heavy (non-hydrogen) atoms. The number of aliphatic hydroxyl groups is 2. The Kier molecular flexibility index (Phi) is 5.59. The smallest absolute Gasteiger partial charge is 0.257 e. The summed E-state index contributed by atoms with van der Waals surface area (Å²) in [6, 6.07) is 4.02. The van der Waals surface area contributed by atoms with Gasteiger partial charge in [-0.15, -0.1) is 0 Å². The van der Waals surface area contributed by atoms with E-state index in [9.17, 15) is 15.0 Å². The second-order valence-electron chi connectivity index (χ2n) is 7.49. The van der Waals surface area contributed by atoms with Crippen LogP contribution in [0.2, 0.25) is 0 Å². The molecule has 1 amide bonds. The fraction of sp³-hybridized carbons (Fsp3) is 0.684. The number of rotatable bonds is 4. The van der Waals surface area contributed by atoms with E-state index in [-0.39, 0.29) is 19.1 Å². The minimum atomic E-state index is -1.19. The summed E-state index contributed by atoms with van der Waals surface area (Å²) >= 11 is 0. The summed E-state index contributed by atoms with van der Waals surface area (Å²) in [7, 11) is 2.02. The van der Waals surface area contributed by atoms with Crippen molar-refractivity contribution in [1.82, 2.24) is 9.88 Å². The van der Waals surface area contributed by atoms with E-state index in [1.165, 1.54) is 19.3 Å². The lowest BCUT2D eigenvalue weighted by molar-refractivity contribution is -0.0598. The van der Waals surface area contributed by atoms with Gasteiger partial charge < -0.3 is 20.0 Å². The molecule has 6 nitrogen and oxygen atoms in total. The summed E-state index contributed by atoms with van der Waals surface area (Å²) < 4.78 is 0. The van der Waals surface area contributed by atoms with Crippen LogP contribution in [-0.2, 0) is 0 Å². The molecule has 1 aromatic heterocycles. The first kappa shape index (κ1) is 18.1. The summed E-state index contributed by atoms with van der Waals surface area (Å²) in [6.07, 6.45) is 8.94. The number of aromatic nitrogens is 1. The van der Waals surface area contributed by atoms with Crippen LogP contribution in [0, 0.1) is 0 Å². The maximum absolute atomic E-state index is 13.1. The standard InChI is InChI=1S/C19H29N3O3/c1-21(15-7-3-2-4-8-15)17-16(9-5-11-20-17)18(24)22-12-6-10-19(25,13-22)14-23/h5,9,11,15,23,25H,2-4,6-8,10,12-14H2,1H3. The lowest BCUT2D eigenvalue weighted by Crippen LogP contribution is -2.52. The lowest BCUT2D eigenvalue weighted by Gasteiger charge is -2.39. The number of likely N-dealkylation sites (tertiary alicyclic amines) is 1. The molecule has 0 aromatic carbocycles. The van der Waals surface area contributed by atoms with Gasteiger partial charge in [-0.2, -0.15) is 0 Å². The maximum Gasteiger partial charge on any atom is 0.257 e. The number of carbonyl (C=O) groups is 1. The Morgan fingerprint density at radius 2 is 2.12 bits per heavy atom. The lowest BCUT2D eigenvalue weighted by atomic mass is 9.93. The summed E-state index contributed by atoms with van der Waals surface area (Å²) in [6.45, 7) is 0.449. The summed E-state index contributed by atoms with van der Waals surface area (Å²) in [5.74, 6) is 0.606. The molecular weight excluding hydrogens is 318 g/mol. The molecule has 2 aliphatic rings. The highest BCUT2D eigenvalue weighted by Crippen LogP contribution is 2.29. The molecule has 138 valence electrons. The summed E-state index contributed by atoms with van der Waals surface area (Å²) in [5.41, 5.74) is -0.608. The van der Waals surface area contributed by atoms with Crippen molar-refractivity contribution in [3.05, 3.63) is 23.9 Å². The predicted molar refractivity (Wildman–Crippen MR) is 96.7 cm³/mol. The van der Waals surface area contributed by atoms with Crippen molar-refractivity contribution in [1.29, 1.82) is 0 Å². The largest absolute Gasteiger partial charge is 0.393 e. The number of aliphatic hydroxyl groups excluding tert-OH is 1. The van der Waals surface area contributed by atoms with Crippen molar-refractivity contribution in [2.45, 2.75) is 56.6 Å². The van der Waals surface area contributed by atoms with E-state index >= 15 is 0 Å². The monoisotopic (exact) mass is 347 g/mol. The van der Waals surface area contributed by atoms with E-state index in [0.29, 0.717) is 31.0 Å². The average Bonchev–Trinajstić information content (AvgIpc) is 2.67. The summed E-state index contributed by atoms with van der Waals surface area (Å²) in [5, 5.41) is 19.8. The van der Waals surface area contributed by atoms with Gasteiger partial charge >= 0.3 is 0 Å². The van der Waals surface area contributed by atoms with Gasteiger partial charge in [0, 0.05) is 25.8 Å². The molecule has 2 N–H and O–H groups in total. The molecule has 2 heterocycles. The Bertz CT molecular complexity index is 603. The van der Waals surface area contributed by atoms with Gasteiger partial charge in [0.25, 0.3) is 5.91 Å². The second kappa shape index (κ2) is 7.70. The van der Waals surface area contributed by atoms with E-state index in [1.54, 1.807) is 17.2 Å². The topological polar surface area (TPSA) is 76.9 Å². The molecule has 3 rings (SSSR count). The molecule has 1 saturated heterocycles. The Morgan fingerprint density at radius 3 is 2.84 bits per heavy atom. The van der Waals surface area contributed by atoms with Crippen molar-refractivity contribution in [2.24, 2.45) is 0 Å². The van der Waals surface area contributed by atoms with E-state index in [2.05, 4.69) is 9.88 Å². The minimum Gasteiger partial charge on any atom is -0.393 e. The van der Waals surface area contributed by atoms with Crippen molar-refractivity contribution in [3.8, 4) is 0 Å². The quantitative estimate of drug-likeness (QED) is 0.869. The Labute approximate surface area is 149 Å². The number of piperidine rings is 1. The second-order valence-corrected chi connectivity index (χ2v) is 7.49. The predicted octanol–water partition coefficient (Wildman–Crippen LogP) is 1.81. The van der Waals surface area contributed by atoms with Crippen LogP contribution in [0.5, 0.6) is 0 Å². The Balaban J connectivity index is 1.81. The zero-order valence-corrected chi connectivity index (χ0v) is 15.0. The van der Waals surface area contributed by atoms with Crippen LogP contribution in [0.25, 0.3) is 0 Å². The molecule has 6 heteroatoms. The highest BCUT2D eigenvalue weighted by molar-refractivity contribution is 5.99. The number of hydrogen-bond acceptors (Lipinski definition) is 5. The molecule has 1 aromatic rings. The van der Waals surface area contributed by atoms with E-state index < -0.39 is 5.60 Å². The van der Waals surface area contributed by atoms with Crippen LogP contribution in [0.15, 0.2) is 18.3 Å². The zero-order chi connectivity index (χ0) is 17.9. The Hall–Kier alpha value is -1.66. The van der Waals surface area contributed by atoms with Crippen molar-refractivity contribution in [2.75, 3.05) is 31.6 Å². The van der Waals surface area contributed by atoms with E-state index in [0.717, 1.165) is 18.7 Å². The molecule has 1 aliphatic heterocycles.